The van der Waals surface area contributed by atoms with E-state index in [1.807, 2.05) is 12.1 Å². The molecule has 106 valence electrons. The van der Waals surface area contributed by atoms with Crippen molar-refractivity contribution in [3.63, 3.8) is 0 Å². The molecule has 0 aliphatic rings. The van der Waals surface area contributed by atoms with Crippen LogP contribution >= 0.6 is 0 Å². The zero-order valence-corrected chi connectivity index (χ0v) is 12.5. The minimum absolute atomic E-state index is 0.832. The molecule has 2 N–H and O–H groups in total. The first-order valence-electron chi connectivity index (χ1n) is 7.28. The summed E-state index contributed by atoms with van der Waals surface area (Å²) >= 11 is 0. The average molecular weight is 268 g/mol. The van der Waals surface area contributed by atoms with E-state index in [0.717, 1.165) is 31.6 Å². The van der Waals surface area contributed by atoms with Gasteiger partial charge in [0.25, 0.3) is 0 Å². The molecule has 0 atom stereocenters. The van der Waals surface area contributed by atoms with Gasteiger partial charge in [0.15, 0.2) is 0 Å². The van der Waals surface area contributed by atoms with Gasteiger partial charge in [-0.3, -0.25) is 0 Å². The first-order chi connectivity index (χ1) is 9.67. The van der Waals surface area contributed by atoms with E-state index in [1.165, 1.54) is 16.7 Å². The molecule has 0 unspecified atom stereocenters. The second-order valence-corrected chi connectivity index (χ2v) is 5.40. The van der Waals surface area contributed by atoms with Gasteiger partial charge in [-0.2, -0.15) is 0 Å². The first kappa shape index (κ1) is 14.6. The number of likely N-dealkylation sites (N-methyl/N-ethyl adjacent to an activating group) is 1. The van der Waals surface area contributed by atoms with Gasteiger partial charge in [-0.1, -0.05) is 43.3 Å². The summed E-state index contributed by atoms with van der Waals surface area (Å²) in [5, 5.41) is 0. The Morgan fingerprint density at radius 1 is 0.850 bits per heavy atom. The monoisotopic (exact) mass is 268 g/mol. The minimum Gasteiger partial charge on any atom is -0.399 e. The van der Waals surface area contributed by atoms with E-state index in [4.69, 9.17) is 5.73 Å². The molecule has 0 bridgehead atoms. The van der Waals surface area contributed by atoms with Crippen molar-refractivity contribution in [2.75, 3.05) is 19.3 Å². The van der Waals surface area contributed by atoms with Crippen LogP contribution in [0.3, 0.4) is 0 Å². The highest BCUT2D eigenvalue weighted by Gasteiger charge is 2.01. The molecule has 2 aromatic carbocycles. The van der Waals surface area contributed by atoms with Crippen molar-refractivity contribution in [3.8, 4) is 0 Å². The van der Waals surface area contributed by atoms with Crippen LogP contribution in [-0.2, 0) is 19.4 Å². The number of benzene rings is 2. The van der Waals surface area contributed by atoms with Crippen LogP contribution in [0.15, 0.2) is 48.5 Å². The van der Waals surface area contributed by atoms with Crippen molar-refractivity contribution >= 4 is 5.69 Å². The number of nitrogens with two attached hydrogens (primary N) is 1. The molecule has 0 amide bonds. The van der Waals surface area contributed by atoms with Crippen molar-refractivity contribution in [2.24, 2.45) is 0 Å². The number of anilines is 1. The van der Waals surface area contributed by atoms with E-state index in [-0.39, 0.29) is 0 Å². The highest BCUT2D eigenvalue weighted by atomic mass is 15.1. The van der Waals surface area contributed by atoms with Crippen LogP contribution in [0, 0.1) is 0 Å². The van der Waals surface area contributed by atoms with Crippen LogP contribution in [0.2, 0.25) is 0 Å². The first-order valence-corrected chi connectivity index (χ1v) is 7.28. The summed E-state index contributed by atoms with van der Waals surface area (Å²) in [7, 11) is 2.17. The summed E-state index contributed by atoms with van der Waals surface area (Å²) in [4.78, 5) is 2.36. The lowest BCUT2D eigenvalue weighted by atomic mass is 10.1. The van der Waals surface area contributed by atoms with Crippen molar-refractivity contribution in [1.29, 1.82) is 0 Å². The highest BCUT2D eigenvalue weighted by molar-refractivity contribution is 5.39. The maximum atomic E-state index is 5.70. The lowest BCUT2D eigenvalue weighted by Gasteiger charge is -2.17. The van der Waals surface area contributed by atoms with Crippen LogP contribution in [0.5, 0.6) is 0 Å². The van der Waals surface area contributed by atoms with E-state index in [1.54, 1.807) is 0 Å². The topological polar surface area (TPSA) is 29.3 Å². The van der Waals surface area contributed by atoms with Crippen molar-refractivity contribution < 1.29 is 0 Å². The fourth-order valence-electron chi connectivity index (χ4n) is 2.28. The van der Waals surface area contributed by atoms with Gasteiger partial charge in [0.05, 0.1) is 0 Å². The van der Waals surface area contributed by atoms with Gasteiger partial charge >= 0.3 is 0 Å². The Hall–Kier alpha value is -1.80. The number of rotatable bonds is 6. The van der Waals surface area contributed by atoms with Crippen molar-refractivity contribution in [3.05, 3.63) is 65.2 Å². The Morgan fingerprint density at radius 3 is 2.00 bits per heavy atom. The van der Waals surface area contributed by atoms with Gasteiger partial charge in [0, 0.05) is 18.8 Å². The lowest BCUT2D eigenvalue weighted by molar-refractivity contribution is 0.331. The van der Waals surface area contributed by atoms with E-state index in [9.17, 15) is 0 Å². The Labute approximate surface area is 122 Å². The molecule has 0 saturated carbocycles. The summed E-state index contributed by atoms with van der Waals surface area (Å²) < 4.78 is 0. The molecule has 2 nitrogen and oxygen atoms in total. The molecular weight excluding hydrogens is 244 g/mol. The number of nitrogens with zero attached hydrogens (tertiary/aromatic N) is 1. The summed E-state index contributed by atoms with van der Waals surface area (Å²) in [6.07, 6.45) is 2.16. The smallest absolute Gasteiger partial charge is 0.0314 e. The van der Waals surface area contributed by atoms with Gasteiger partial charge in [0.2, 0.25) is 0 Å². The van der Waals surface area contributed by atoms with Crippen LogP contribution < -0.4 is 5.73 Å². The van der Waals surface area contributed by atoms with E-state index in [2.05, 4.69) is 55.3 Å². The molecule has 0 aromatic heterocycles. The predicted octanol–water partition coefficient (Wildman–Crippen LogP) is 3.51. The molecule has 0 radical (unpaired) electrons. The molecule has 0 heterocycles. The maximum Gasteiger partial charge on any atom is 0.0314 e. The molecule has 20 heavy (non-hydrogen) atoms. The van der Waals surface area contributed by atoms with Crippen LogP contribution in [-0.4, -0.2) is 18.5 Å². The summed E-state index contributed by atoms with van der Waals surface area (Å²) in [6.45, 7) is 4.24. The van der Waals surface area contributed by atoms with Crippen molar-refractivity contribution in [2.45, 2.75) is 26.3 Å². The second kappa shape index (κ2) is 7.11. The molecule has 0 saturated heterocycles. The molecule has 0 aliphatic carbocycles. The van der Waals surface area contributed by atoms with Gasteiger partial charge in [-0.05, 0) is 48.7 Å². The Bertz CT molecular complexity index is 514. The number of hydrogen-bond acceptors (Lipinski definition) is 2. The summed E-state index contributed by atoms with van der Waals surface area (Å²) in [5.41, 5.74) is 10.6. The van der Waals surface area contributed by atoms with Gasteiger partial charge < -0.3 is 10.6 Å². The standard InChI is InChI=1S/C18H24N2/c1-3-15-4-6-17(7-5-15)14-20(2)13-12-16-8-10-18(19)11-9-16/h4-11H,3,12-14,19H2,1-2H3. The minimum atomic E-state index is 0.832. The van der Waals surface area contributed by atoms with Crippen LogP contribution in [0.4, 0.5) is 5.69 Å². The van der Waals surface area contributed by atoms with E-state index in [0.29, 0.717) is 0 Å². The van der Waals surface area contributed by atoms with Gasteiger partial charge in [-0.25, -0.2) is 0 Å². The molecular formula is C18H24N2. The third-order valence-corrected chi connectivity index (χ3v) is 3.65. The molecule has 0 fully saturated rings. The number of nitrogen functional groups attached to an aromatic ring is 1. The Kier molecular flexibility index (Phi) is 5.19. The molecule has 2 aromatic rings. The fourth-order valence-corrected chi connectivity index (χ4v) is 2.28. The SMILES string of the molecule is CCc1ccc(CN(C)CCc2ccc(N)cc2)cc1. The zero-order valence-electron chi connectivity index (χ0n) is 12.5. The largest absolute Gasteiger partial charge is 0.399 e. The van der Waals surface area contributed by atoms with E-state index >= 15 is 0 Å². The summed E-state index contributed by atoms with van der Waals surface area (Å²) in [5.74, 6) is 0. The maximum absolute atomic E-state index is 5.70. The molecule has 2 heteroatoms. The van der Waals surface area contributed by atoms with Crippen molar-refractivity contribution in [1.82, 2.24) is 4.90 Å². The molecule has 0 aliphatic heterocycles. The highest BCUT2D eigenvalue weighted by Crippen LogP contribution is 2.09. The van der Waals surface area contributed by atoms with Gasteiger partial charge in [0.1, 0.15) is 0 Å². The molecule has 2 rings (SSSR count). The third-order valence-electron chi connectivity index (χ3n) is 3.65. The Balaban J connectivity index is 1.82. The van der Waals surface area contributed by atoms with Crippen LogP contribution in [0.1, 0.15) is 23.6 Å². The zero-order chi connectivity index (χ0) is 14.4. The van der Waals surface area contributed by atoms with Crippen LogP contribution in [0.25, 0.3) is 0 Å². The number of hydrogen-bond donors (Lipinski definition) is 1. The second-order valence-electron chi connectivity index (χ2n) is 5.40. The normalized spacial score (nSPS) is 10.9. The summed E-state index contributed by atoms with van der Waals surface area (Å²) in [6, 6.07) is 17.1. The predicted molar refractivity (Wildman–Crippen MR) is 86.7 cm³/mol. The van der Waals surface area contributed by atoms with Gasteiger partial charge in [-0.15, -0.1) is 0 Å². The quantitative estimate of drug-likeness (QED) is 0.812. The Morgan fingerprint density at radius 2 is 1.40 bits per heavy atom. The lowest BCUT2D eigenvalue weighted by Crippen LogP contribution is -2.20. The average Bonchev–Trinajstić information content (AvgIpc) is 2.47. The fraction of sp³-hybridized carbons (Fsp3) is 0.333. The molecule has 0 spiro atoms. The number of aryl methyl sites for hydroxylation is 1. The van der Waals surface area contributed by atoms with E-state index < -0.39 is 0 Å². The third kappa shape index (κ3) is 4.39.